The van der Waals surface area contributed by atoms with Crippen LogP contribution in [-0.2, 0) is 9.59 Å². The summed E-state index contributed by atoms with van der Waals surface area (Å²) < 4.78 is 104. The van der Waals surface area contributed by atoms with Crippen molar-refractivity contribution in [2.24, 2.45) is 0 Å². The maximum Gasteiger partial charge on any atom is 0.163 e. The fourth-order valence-corrected chi connectivity index (χ4v) is 2.13. The van der Waals surface area contributed by atoms with E-state index < -0.39 is 56.2 Å². The van der Waals surface area contributed by atoms with Crippen molar-refractivity contribution >= 4 is 23.7 Å². The van der Waals surface area contributed by atoms with E-state index in [9.17, 15) is 9.59 Å². The molecule has 0 aromatic heterocycles. The summed E-state index contributed by atoms with van der Waals surface area (Å²) in [5.74, 6) is -3.53. The van der Waals surface area contributed by atoms with Gasteiger partial charge >= 0.3 is 0 Å². The van der Waals surface area contributed by atoms with Gasteiger partial charge in [-0.2, -0.15) is 0 Å². The lowest BCUT2D eigenvalue weighted by molar-refractivity contribution is -0.121. The Morgan fingerprint density at radius 2 is 1.28 bits per heavy atom. The number of allylic oxidation sites excluding steroid dienone is 2. The van der Waals surface area contributed by atoms with Gasteiger partial charge in [0.25, 0.3) is 0 Å². The molecule has 0 spiro atoms. The molecule has 0 bridgehead atoms. The van der Waals surface area contributed by atoms with E-state index >= 15 is 0 Å². The Morgan fingerprint density at radius 3 is 1.66 bits per heavy atom. The van der Waals surface area contributed by atoms with E-state index in [1.54, 1.807) is 0 Å². The van der Waals surface area contributed by atoms with Crippen LogP contribution in [0.15, 0.2) is 48.5 Å². The predicted octanol–water partition coefficient (Wildman–Crippen LogP) is 3.98. The standard InChI is InChI=1S/C23H24O6/c1-26-20-11-7-16(13-22(20)28-3)5-9-18(24)15-19(25)10-6-17-8-12-21(27-2)23(14-17)29-4/h5-14H,15H2,1-4H3/b9-5+,10-6+/i3D3,4D3,5D,6D,9D,10D,15D. The van der Waals surface area contributed by atoms with E-state index in [0.29, 0.717) is 0 Å². The third-order valence-corrected chi connectivity index (χ3v) is 3.47. The molecule has 2 rings (SSSR count). The molecule has 0 saturated heterocycles. The molecule has 0 fully saturated rings. The average Bonchev–Trinajstić information content (AvgIpc) is 2.88. The highest BCUT2D eigenvalue weighted by atomic mass is 16.5. The number of hydrogen-bond donors (Lipinski definition) is 0. The molecule has 6 heteroatoms. The Labute approximate surface area is 185 Å². The maximum atomic E-state index is 12.7. The molecule has 6 nitrogen and oxygen atoms in total. The zero-order valence-electron chi connectivity index (χ0n) is 26.5. The molecule has 0 heterocycles. The molecule has 2 aromatic rings. The van der Waals surface area contributed by atoms with Crippen molar-refractivity contribution in [2.45, 2.75) is 6.40 Å². The summed E-state index contributed by atoms with van der Waals surface area (Å²) in [7, 11) is -3.25. The predicted molar refractivity (Wildman–Crippen MR) is 112 cm³/mol. The van der Waals surface area contributed by atoms with Crippen molar-refractivity contribution in [2.75, 3.05) is 28.3 Å². The fraction of sp³-hybridized carbons (Fsp3) is 0.217. The number of rotatable bonds is 10. The normalized spacial score (nSPS) is 19.7. The van der Waals surface area contributed by atoms with Crippen LogP contribution >= 0.6 is 0 Å². The van der Waals surface area contributed by atoms with Crippen molar-refractivity contribution in [3.8, 4) is 23.0 Å². The summed E-state index contributed by atoms with van der Waals surface area (Å²) in [6.07, 6.45) is -2.38. The molecule has 29 heavy (non-hydrogen) atoms. The summed E-state index contributed by atoms with van der Waals surface area (Å²) in [5, 5.41) is 0. The number of ether oxygens (including phenoxy) is 4. The lowest BCUT2D eigenvalue weighted by atomic mass is 10.1. The molecule has 152 valence electrons. The van der Waals surface area contributed by atoms with Gasteiger partial charge in [0, 0.05) is 1.37 Å². The molecule has 0 unspecified atom stereocenters. The highest BCUT2D eigenvalue weighted by molar-refractivity contribution is 6.10. The van der Waals surface area contributed by atoms with Gasteiger partial charge in [0.05, 0.1) is 48.4 Å². The van der Waals surface area contributed by atoms with Crippen LogP contribution in [0.2, 0.25) is 0 Å². The monoisotopic (exact) mass is 407 g/mol. The van der Waals surface area contributed by atoms with Gasteiger partial charge in [0.1, 0.15) is 0 Å². The molecule has 2 aromatic carbocycles. The van der Waals surface area contributed by atoms with E-state index in [1.807, 2.05) is 0 Å². The quantitative estimate of drug-likeness (QED) is 0.438. The molecule has 0 atom stereocenters. The first-order chi connectivity index (χ1) is 18.4. The van der Waals surface area contributed by atoms with Gasteiger partial charge in [0.15, 0.2) is 34.6 Å². The van der Waals surface area contributed by atoms with Gasteiger partial charge in [-0.1, -0.05) is 24.2 Å². The summed E-state index contributed by atoms with van der Waals surface area (Å²) in [6, 6.07) is 3.31. The second-order valence-corrected chi connectivity index (χ2v) is 5.31. The van der Waals surface area contributed by atoms with Gasteiger partial charge in [-0.15, -0.1) is 0 Å². The summed E-state index contributed by atoms with van der Waals surface area (Å²) >= 11 is 0. The van der Waals surface area contributed by atoms with Crippen LogP contribution in [0.5, 0.6) is 23.0 Å². The third kappa shape index (κ3) is 6.24. The molecule has 0 aliphatic carbocycles. The van der Waals surface area contributed by atoms with Crippen molar-refractivity contribution in [3.63, 3.8) is 0 Å². The van der Waals surface area contributed by atoms with Crippen molar-refractivity contribution in [1.29, 1.82) is 0 Å². The Morgan fingerprint density at radius 1 is 0.828 bits per heavy atom. The number of carbonyl (C=O) groups excluding carboxylic acids is 2. The molecule has 0 saturated carbocycles. The number of benzene rings is 2. The van der Waals surface area contributed by atoms with Crippen LogP contribution in [0.25, 0.3) is 12.1 Å². The molecule has 0 N–H and O–H groups in total. The third-order valence-electron chi connectivity index (χ3n) is 3.47. The van der Waals surface area contributed by atoms with Crippen LogP contribution in [0.3, 0.4) is 0 Å². The summed E-state index contributed by atoms with van der Waals surface area (Å²) in [5.41, 5.74) is -0.304. The van der Waals surface area contributed by atoms with Crippen molar-refractivity contribution in [3.05, 3.63) is 59.6 Å². The molecule has 0 amide bonds. The van der Waals surface area contributed by atoms with Crippen LogP contribution in [0.1, 0.15) is 32.6 Å². The van der Waals surface area contributed by atoms with E-state index in [0.717, 1.165) is 12.1 Å². The SMILES string of the molecule is [2H]/C(C(=O)C([2H])C(=O)/C([2H])=C(\[2H])c1ccc(OC)c(OC([2H])([2H])[2H])c1)=C(/[2H])c1ccc(OC)c(OC([2H])([2H])[2H])c1. The lowest BCUT2D eigenvalue weighted by Crippen LogP contribution is -2.02. The highest BCUT2D eigenvalue weighted by Crippen LogP contribution is 2.28. The average molecular weight is 408 g/mol. The van der Waals surface area contributed by atoms with E-state index in [-0.39, 0.29) is 34.1 Å². The van der Waals surface area contributed by atoms with E-state index in [1.165, 1.54) is 38.5 Å². The fourth-order valence-electron chi connectivity index (χ4n) is 2.13. The zero-order chi connectivity index (χ0) is 30.6. The van der Waals surface area contributed by atoms with Gasteiger partial charge in [-0.3, -0.25) is 9.59 Å². The number of methoxy groups -OCH3 is 4. The second-order valence-electron chi connectivity index (χ2n) is 5.31. The Kier molecular flexibility index (Phi) is 4.01. The Hall–Kier alpha value is -3.54. The molecule has 0 aliphatic heterocycles. The minimum Gasteiger partial charge on any atom is -0.493 e. The minimum atomic E-state index is -2.87. The lowest BCUT2D eigenvalue weighted by Gasteiger charge is -2.07. The molecular formula is C23H24O6. The highest BCUT2D eigenvalue weighted by Gasteiger charge is 2.07. The first-order valence-corrected chi connectivity index (χ1v) is 8.00. The zero-order valence-corrected chi connectivity index (χ0v) is 15.5. The first-order valence-electron chi connectivity index (χ1n) is 13.6. The summed E-state index contributed by atoms with van der Waals surface area (Å²) in [6.45, 7) is 0. The number of carbonyl (C=O) groups is 2. The van der Waals surface area contributed by atoms with E-state index in [4.69, 9.17) is 34.0 Å². The first kappa shape index (κ1) is 10.9. The largest absolute Gasteiger partial charge is 0.493 e. The van der Waals surface area contributed by atoms with E-state index in [2.05, 4.69) is 0 Å². The number of hydrogen-bond acceptors (Lipinski definition) is 6. The van der Waals surface area contributed by atoms with Crippen LogP contribution in [0, 0.1) is 0 Å². The Balaban J connectivity index is 2.40. The van der Waals surface area contributed by atoms with Gasteiger partial charge in [0.2, 0.25) is 0 Å². The maximum absolute atomic E-state index is 12.7. The minimum absolute atomic E-state index is 0.00278. The van der Waals surface area contributed by atoms with Crippen molar-refractivity contribution < 1.29 is 43.6 Å². The van der Waals surface area contributed by atoms with Crippen LogP contribution in [0.4, 0.5) is 0 Å². The Bertz CT molecular complexity index is 1240. The number of ketones is 2. The molecule has 0 radical (unpaired) electrons. The smallest absolute Gasteiger partial charge is 0.163 e. The molecular weight excluding hydrogens is 372 g/mol. The topological polar surface area (TPSA) is 71.1 Å². The van der Waals surface area contributed by atoms with Gasteiger partial charge in [-0.25, -0.2) is 0 Å². The van der Waals surface area contributed by atoms with Gasteiger partial charge < -0.3 is 18.9 Å². The van der Waals surface area contributed by atoms with Gasteiger partial charge in [-0.05, 0) is 47.5 Å². The van der Waals surface area contributed by atoms with Crippen LogP contribution < -0.4 is 18.9 Å². The van der Waals surface area contributed by atoms with Crippen molar-refractivity contribution in [1.82, 2.24) is 0 Å². The second kappa shape index (κ2) is 10.7. The summed E-state index contributed by atoms with van der Waals surface area (Å²) in [4.78, 5) is 25.4. The van der Waals surface area contributed by atoms with Crippen LogP contribution in [-0.4, -0.2) is 39.9 Å². The molecule has 0 aliphatic rings.